The molecule has 1 saturated heterocycles. The molecule has 5 nitrogen and oxygen atoms in total. The van der Waals surface area contributed by atoms with Crippen LogP contribution in [0.3, 0.4) is 0 Å². The molecule has 1 fully saturated rings. The topological polar surface area (TPSA) is 59.1 Å². The number of aromatic nitrogens is 2. The maximum Gasteiger partial charge on any atom is 0.451 e. The number of nitrogens with zero attached hydrogens (tertiary/aromatic N) is 2. The van der Waals surface area contributed by atoms with Crippen LogP contribution >= 0.6 is 0 Å². The lowest BCUT2D eigenvalue weighted by molar-refractivity contribution is -0.144. The highest BCUT2D eigenvalue weighted by Crippen LogP contribution is 2.28. The van der Waals surface area contributed by atoms with Gasteiger partial charge in [0.05, 0.1) is 0 Å². The van der Waals surface area contributed by atoms with Gasteiger partial charge in [-0.1, -0.05) is 0 Å². The van der Waals surface area contributed by atoms with E-state index < -0.39 is 12.0 Å². The molecule has 1 aromatic rings. The lowest BCUT2D eigenvalue weighted by Crippen LogP contribution is -2.28. The Morgan fingerprint density at radius 1 is 1.25 bits per heavy atom. The zero-order valence-corrected chi connectivity index (χ0v) is 11.1. The Kier molecular flexibility index (Phi) is 4.64. The van der Waals surface area contributed by atoms with Crippen molar-refractivity contribution >= 4 is 11.6 Å². The van der Waals surface area contributed by atoms with Gasteiger partial charge in [-0.05, 0) is 19.8 Å². The van der Waals surface area contributed by atoms with Crippen LogP contribution in [0.4, 0.5) is 24.8 Å². The van der Waals surface area contributed by atoms with Gasteiger partial charge in [0.25, 0.3) is 0 Å². The van der Waals surface area contributed by atoms with Crippen molar-refractivity contribution in [2.75, 3.05) is 30.4 Å². The van der Waals surface area contributed by atoms with Crippen LogP contribution in [-0.4, -0.2) is 35.8 Å². The lowest BCUT2D eigenvalue weighted by Gasteiger charge is -2.24. The molecule has 2 heterocycles. The number of hydrogen-bond donors (Lipinski definition) is 2. The van der Waals surface area contributed by atoms with E-state index in [2.05, 4.69) is 20.6 Å². The van der Waals surface area contributed by atoms with E-state index in [0.717, 1.165) is 12.8 Å². The van der Waals surface area contributed by atoms with Crippen LogP contribution in [-0.2, 0) is 10.9 Å². The first-order valence-corrected chi connectivity index (χ1v) is 6.53. The minimum absolute atomic E-state index is 0.0780. The molecule has 0 aromatic carbocycles. The van der Waals surface area contributed by atoms with Crippen molar-refractivity contribution in [2.45, 2.75) is 32.0 Å². The van der Waals surface area contributed by atoms with Gasteiger partial charge in [-0.25, -0.2) is 9.97 Å². The molecule has 112 valence electrons. The summed E-state index contributed by atoms with van der Waals surface area (Å²) in [6.45, 7) is 3.50. The Balaban J connectivity index is 2.19. The van der Waals surface area contributed by atoms with Crippen molar-refractivity contribution in [1.29, 1.82) is 0 Å². The molecule has 2 N–H and O–H groups in total. The molecule has 1 aromatic heterocycles. The Bertz CT molecular complexity index is 447. The predicted molar refractivity (Wildman–Crippen MR) is 68.7 cm³/mol. The number of nitrogens with one attached hydrogen (secondary N) is 2. The largest absolute Gasteiger partial charge is 0.451 e. The first-order chi connectivity index (χ1) is 9.49. The second kappa shape index (κ2) is 6.25. The average molecular weight is 290 g/mol. The number of rotatable bonds is 4. The first kappa shape index (κ1) is 14.8. The third-order valence-corrected chi connectivity index (χ3v) is 2.91. The molecule has 0 spiro atoms. The maximum atomic E-state index is 12.8. The molecule has 1 aliphatic heterocycles. The summed E-state index contributed by atoms with van der Waals surface area (Å²) in [4.78, 5) is 7.03. The smallest absolute Gasteiger partial charge is 0.381 e. The number of alkyl halides is 3. The number of halogens is 3. The van der Waals surface area contributed by atoms with Crippen LogP contribution in [0.25, 0.3) is 0 Å². The summed E-state index contributed by atoms with van der Waals surface area (Å²) in [7, 11) is 0. The summed E-state index contributed by atoms with van der Waals surface area (Å²) in [6.07, 6.45) is -3.05. The van der Waals surface area contributed by atoms with Crippen LogP contribution in [0.2, 0.25) is 0 Å². The van der Waals surface area contributed by atoms with Gasteiger partial charge in [0.15, 0.2) is 0 Å². The third-order valence-electron chi connectivity index (χ3n) is 2.91. The van der Waals surface area contributed by atoms with E-state index in [1.54, 1.807) is 6.92 Å². The Labute approximate surface area is 114 Å². The normalized spacial score (nSPS) is 17.0. The summed E-state index contributed by atoms with van der Waals surface area (Å²) in [5, 5.41) is 5.80. The van der Waals surface area contributed by atoms with Gasteiger partial charge in [-0.15, -0.1) is 0 Å². The van der Waals surface area contributed by atoms with Crippen molar-refractivity contribution in [3.8, 4) is 0 Å². The van der Waals surface area contributed by atoms with E-state index >= 15 is 0 Å². The molecule has 20 heavy (non-hydrogen) atoms. The van der Waals surface area contributed by atoms with Gasteiger partial charge in [0, 0.05) is 31.9 Å². The molecule has 0 aliphatic carbocycles. The molecule has 0 bridgehead atoms. The first-order valence-electron chi connectivity index (χ1n) is 6.53. The van der Waals surface area contributed by atoms with Crippen LogP contribution in [0.1, 0.15) is 25.6 Å². The van der Waals surface area contributed by atoms with Crippen molar-refractivity contribution in [1.82, 2.24) is 9.97 Å². The minimum Gasteiger partial charge on any atom is -0.381 e. The third kappa shape index (κ3) is 3.96. The molecule has 8 heteroatoms. The highest BCUT2D eigenvalue weighted by atomic mass is 19.4. The molecule has 2 rings (SSSR count). The minimum atomic E-state index is -4.56. The summed E-state index contributed by atoms with van der Waals surface area (Å²) in [6, 6.07) is 1.57. The Hall–Kier alpha value is -1.57. The number of hydrogen-bond acceptors (Lipinski definition) is 5. The molecule has 1 aliphatic rings. The van der Waals surface area contributed by atoms with E-state index in [-0.39, 0.29) is 17.7 Å². The molecule has 0 saturated carbocycles. The standard InChI is InChI=1S/C12H17F3N4O/c1-2-16-9-7-10(17-8-3-5-20-6-4-8)19-11(18-9)12(13,14)15/h7-8H,2-6H2,1H3,(H2,16,17,18,19). The van der Waals surface area contributed by atoms with Crippen LogP contribution in [0.5, 0.6) is 0 Å². The van der Waals surface area contributed by atoms with E-state index in [4.69, 9.17) is 4.74 Å². The van der Waals surface area contributed by atoms with Gasteiger partial charge in [-0.3, -0.25) is 0 Å². The summed E-state index contributed by atoms with van der Waals surface area (Å²) in [5.41, 5.74) is 0. The van der Waals surface area contributed by atoms with Gasteiger partial charge in [0.1, 0.15) is 11.6 Å². The van der Waals surface area contributed by atoms with Crippen molar-refractivity contribution in [2.24, 2.45) is 0 Å². The van der Waals surface area contributed by atoms with E-state index in [1.165, 1.54) is 6.07 Å². The molecule has 0 unspecified atom stereocenters. The fourth-order valence-electron chi connectivity index (χ4n) is 1.97. The number of ether oxygens (including phenoxy) is 1. The highest BCUT2D eigenvalue weighted by Gasteiger charge is 2.35. The molecular formula is C12H17F3N4O. The monoisotopic (exact) mass is 290 g/mol. The van der Waals surface area contributed by atoms with Gasteiger partial charge in [-0.2, -0.15) is 13.2 Å². The average Bonchev–Trinajstić information content (AvgIpc) is 2.39. The van der Waals surface area contributed by atoms with Crippen LogP contribution in [0, 0.1) is 0 Å². The quantitative estimate of drug-likeness (QED) is 0.892. The SMILES string of the molecule is CCNc1cc(NC2CCOCC2)nc(C(F)(F)F)n1. The lowest BCUT2D eigenvalue weighted by atomic mass is 10.1. The number of anilines is 2. The van der Waals surface area contributed by atoms with Crippen molar-refractivity contribution < 1.29 is 17.9 Å². The van der Waals surface area contributed by atoms with Crippen molar-refractivity contribution in [3.63, 3.8) is 0 Å². The zero-order chi connectivity index (χ0) is 14.6. The van der Waals surface area contributed by atoms with Crippen LogP contribution in [0.15, 0.2) is 6.07 Å². The van der Waals surface area contributed by atoms with Crippen molar-refractivity contribution in [3.05, 3.63) is 11.9 Å². The summed E-state index contributed by atoms with van der Waals surface area (Å²) >= 11 is 0. The zero-order valence-electron chi connectivity index (χ0n) is 11.1. The second-order valence-corrected chi connectivity index (χ2v) is 4.52. The summed E-state index contributed by atoms with van der Waals surface area (Å²) < 4.78 is 43.5. The Morgan fingerprint density at radius 2 is 1.90 bits per heavy atom. The fourth-order valence-corrected chi connectivity index (χ4v) is 1.97. The van der Waals surface area contributed by atoms with E-state index in [1.807, 2.05) is 0 Å². The molecular weight excluding hydrogens is 273 g/mol. The second-order valence-electron chi connectivity index (χ2n) is 4.52. The maximum absolute atomic E-state index is 12.8. The fraction of sp³-hybridized carbons (Fsp3) is 0.667. The van der Waals surface area contributed by atoms with E-state index in [9.17, 15) is 13.2 Å². The molecule has 0 amide bonds. The predicted octanol–water partition coefficient (Wildman–Crippen LogP) is 2.52. The van der Waals surface area contributed by atoms with E-state index in [0.29, 0.717) is 19.8 Å². The van der Waals surface area contributed by atoms with Crippen LogP contribution < -0.4 is 10.6 Å². The molecule has 0 radical (unpaired) electrons. The molecule has 0 atom stereocenters. The highest BCUT2D eigenvalue weighted by molar-refractivity contribution is 5.48. The Morgan fingerprint density at radius 3 is 2.50 bits per heavy atom. The van der Waals surface area contributed by atoms with Gasteiger partial charge >= 0.3 is 6.18 Å². The van der Waals surface area contributed by atoms with Gasteiger partial charge in [0.2, 0.25) is 5.82 Å². The van der Waals surface area contributed by atoms with Gasteiger partial charge < -0.3 is 15.4 Å². The summed E-state index contributed by atoms with van der Waals surface area (Å²) in [5.74, 6) is -0.773.